The summed E-state index contributed by atoms with van der Waals surface area (Å²) in [4.78, 5) is 0. The molecule has 0 spiro atoms. The fourth-order valence-electron chi connectivity index (χ4n) is 4.16. The van der Waals surface area contributed by atoms with Gasteiger partial charge in [0.1, 0.15) is 0 Å². The molecule has 1 unspecified atom stereocenters. The second kappa shape index (κ2) is 12.6. The maximum atomic E-state index is 9.75. The molecule has 1 fully saturated rings. The summed E-state index contributed by atoms with van der Waals surface area (Å²) in [7, 11) is 1.69. The van der Waals surface area contributed by atoms with E-state index in [1.807, 2.05) is 6.07 Å². The Balaban J connectivity index is 1.75. The lowest BCUT2D eigenvalue weighted by Crippen LogP contribution is -2.44. The van der Waals surface area contributed by atoms with E-state index >= 15 is 0 Å². The molecule has 0 amide bonds. The Morgan fingerprint density at radius 1 is 1.10 bits per heavy atom. The Morgan fingerprint density at radius 3 is 2.47 bits per heavy atom. The second-order valence-corrected chi connectivity index (χ2v) is 10.1. The van der Waals surface area contributed by atoms with Gasteiger partial charge in [-0.2, -0.15) is 0 Å². The number of rotatable bonds is 16. The quantitative estimate of drug-likeness (QED) is 0.335. The second-order valence-electron chi connectivity index (χ2n) is 10.1. The monoisotopic (exact) mass is 419 g/mol. The molecule has 1 aliphatic carbocycles. The van der Waals surface area contributed by atoms with Gasteiger partial charge in [-0.1, -0.05) is 58.9 Å². The Kier molecular flexibility index (Phi) is 10.5. The molecule has 1 aromatic carbocycles. The topological polar surface area (TPSA) is 64.7 Å². The molecule has 4 nitrogen and oxygen atoms in total. The van der Waals surface area contributed by atoms with Gasteiger partial charge in [0.2, 0.25) is 0 Å². The van der Waals surface area contributed by atoms with E-state index in [0.29, 0.717) is 5.92 Å². The van der Waals surface area contributed by atoms with Crippen LogP contribution in [0.2, 0.25) is 0 Å². The van der Waals surface area contributed by atoms with Crippen molar-refractivity contribution in [2.75, 3.05) is 20.3 Å². The van der Waals surface area contributed by atoms with Crippen molar-refractivity contribution in [2.24, 2.45) is 23.5 Å². The van der Waals surface area contributed by atoms with Crippen LogP contribution in [0, 0.1) is 17.8 Å². The predicted molar refractivity (Wildman–Crippen MR) is 125 cm³/mol. The fraction of sp³-hybridized carbons (Fsp3) is 0.769. The van der Waals surface area contributed by atoms with Crippen molar-refractivity contribution in [3.05, 3.63) is 23.8 Å². The third-order valence-corrected chi connectivity index (χ3v) is 6.42. The Bertz CT molecular complexity index is 614. The minimum Gasteiger partial charge on any atom is -0.493 e. The van der Waals surface area contributed by atoms with E-state index in [9.17, 15) is 5.11 Å². The van der Waals surface area contributed by atoms with Crippen LogP contribution in [-0.2, 0) is 6.42 Å². The lowest BCUT2D eigenvalue weighted by Gasteiger charge is -2.27. The molecule has 1 aromatic rings. The van der Waals surface area contributed by atoms with Crippen molar-refractivity contribution >= 4 is 0 Å². The van der Waals surface area contributed by atoms with Crippen LogP contribution < -0.4 is 15.2 Å². The molecular formula is C26H45NO3. The SMILES string of the molecule is COc1cc(CC[C@@](N)(CO)CC2CC2)ccc1OCCCC(C)CCCC(C)C. The molecule has 0 heterocycles. The van der Waals surface area contributed by atoms with E-state index in [1.54, 1.807) is 7.11 Å². The van der Waals surface area contributed by atoms with E-state index in [1.165, 1.54) is 44.1 Å². The summed E-state index contributed by atoms with van der Waals surface area (Å²) < 4.78 is 11.6. The maximum absolute atomic E-state index is 9.75. The zero-order chi connectivity index (χ0) is 22.0. The van der Waals surface area contributed by atoms with Gasteiger partial charge in [-0.05, 0) is 67.6 Å². The summed E-state index contributed by atoms with van der Waals surface area (Å²) in [6.07, 6.45) is 11.3. The molecule has 0 aromatic heterocycles. The number of ether oxygens (including phenoxy) is 2. The highest BCUT2D eigenvalue weighted by Crippen LogP contribution is 2.37. The fourth-order valence-corrected chi connectivity index (χ4v) is 4.16. The van der Waals surface area contributed by atoms with Crippen LogP contribution in [0.1, 0.15) is 84.1 Å². The number of benzene rings is 1. The normalized spacial score (nSPS) is 17.0. The van der Waals surface area contributed by atoms with E-state index in [0.717, 1.165) is 55.6 Å². The molecule has 0 saturated heterocycles. The van der Waals surface area contributed by atoms with Crippen molar-refractivity contribution < 1.29 is 14.6 Å². The first-order valence-electron chi connectivity index (χ1n) is 12.0. The molecule has 3 N–H and O–H groups in total. The van der Waals surface area contributed by atoms with Gasteiger partial charge in [-0.15, -0.1) is 0 Å². The summed E-state index contributed by atoms with van der Waals surface area (Å²) in [6.45, 7) is 7.72. The van der Waals surface area contributed by atoms with Crippen LogP contribution in [0.4, 0.5) is 0 Å². The van der Waals surface area contributed by atoms with Crippen molar-refractivity contribution in [1.82, 2.24) is 0 Å². The zero-order valence-electron chi connectivity index (χ0n) is 19.8. The maximum Gasteiger partial charge on any atom is 0.161 e. The van der Waals surface area contributed by atoms with Gasteiger partial charge in [0.05, 0.1) is 20.3 Å². The molecule has 4 heteroatoms. The van der Waals surface area contributed by atoms with E-state index < -0.39 is 5.54 Å². The lowest BCUT2D eigenvalue weighted by atomic mass is 9.88. The highest BCUT2D eigenvalue weighted by atomic mass is 16.5. The van der Waals surface area contributed by atoms with Crippen molar-refractivity contribution in [1.29, 1.82) is 0 Å². The largest absolute Gasteiger partial charge is 0.493 e. The first-order valence-corrected chi connectivity index (χ1v) is 12.0. The highest BCUT2D eigenvalue weighted by molar-refractivity contribution is 5.43. The Hall–Kier alpha value is -1.26. The van der Waals surface area contributed by atoms with Crippen molar-refractivity contribution in [2.45, 2.75) is 90.5 Å². The summed E-state index contributed by atoms with van der Waals surface area (Å²) in [5, 5.41) is 9.75. The van der Waals surface area contributed by atoms with E-state index in [2.05, 4.69) is 32.9 Å². The van der Waals surface area contributed by atoms with Crippen LogP contribution in [0.5, 0.6) is 11.5 Å². The molecule has 0 bridgehead atoms. The van der Waals surface area contributed by atoms with E-state index in [4.69, 9.17) is 15.2 Å². The van der Waals surface area contributed by atoms with Gasteiger partial charge >= 0.3 is 0 Å². The smallest absolute Gasteiger partial charge is 0.161 e. The predicted octanol–water partition coefficient (Wildman–Crippen LogP) is 5.74. The standard InChI is InChI=1S/C26H45NO3/c1-20(2)7-5-8-21(3)9-6-16-30-24-13-12-22(17-25(24)29-4)14-15-26(27,19-28)18-23-10-11-23/h12-13,17,20-21,23,28H,5-11,14-16,18-19,27H2,1-4H3/t21?,26-/m0/s1. The van der Waals surface area contributed by atoms with Crippen LogP contribution in [0.3, 0.4) is 0 Å². The summed E-state index contributed by atoms with van der Waals surface area (Å²) >= 11 is 0. The number of aryl methyl sites for hydroxylation is 1. The van der Waals surface area contributed by atoms with Gasteiger partial charge in [0, 0.05) is 5.54 Å². The average Bonchev–Trinajstić information content (AvgIpc) is 3.53. The van der Waals surface area contributed by atoms with Crippen molar-refractivity contribution in [3.8, 4) is 11.5 Å². The number of hydrogen-bond donors (Lipinski definition) is 2. The van der Waals surface area contributed by atoms with Crippen LogP contribution in [0.25, 0.3) is 0 Å². The molecule has 1 saturated carbocycles. The number of aliphatic hydroxyl groups excluding tert-OH is 1. The van der Waals surface area contributed by atoms with Gasteiger partial charge < -0.3 is 20.3 Å². The third-order valence-electron chi connectivity index (χ3n) is 6.42. The summed E-state index contributed by atoms with van der Waals surface area (Å²) in [5.74, 6) is 3.87. The highest BCUT2D eigenvalue weighted by Gasteiger charge is 2.33. The lowest BCUT2D eigenvalue weighted by molar-refractivity contribution is 0.172. The summed E-state index contributed by atoms with van der Waals surface area (Å²) in [6, 6.07) is 6.17. The number of hydrogen-bond acceptors (Lipinski definition) is 4. The Morgan fingerprint density at radius 2 is 1.83 bits per heavy atom. The molecule has 0 radical (unpaired) electrons. The minimum absolute atomic E-state index is 0.0533. The van der Waals surface area contributed by atoms with Gasteiger partial charge in [0.15, 0.2) is 11.5 Å². The minimum atomic E-state index is -0.463. The zero-order valence-corrected chi connectivity index (χ0v) is 19.8. The first kappa shape index (κ1) is 25.0. The Labute approximate surface area is 184 Å². The van der Waals surface area contributed by atoms with E-state index in [-0.39, 0.29) is 6.61 Å². The molecular weight excluding hydrogens is 374 g/mol. The number of methoxy groups -OCH3 is 1. The molecule has 2 atom stereocenters. The van der Waals surface area contributed by atoms with Crippen molar-refractivity contribution in [3.63, 3.8) is 0 Å². The van der Waals surface area contributed by atoms with Gasteiger partial charge in [-0.3, -0.25) is 0 Å². The van der Waals surface area contributed by atoms with Crippen LogP contribution in [0.15, 0.2) is 18.2 Å². The first-order chi connectivity index (χ1) is 14.3. The number of nitrogens with two attached hydrogens (primary N) is 1. The molecule has 1 aliphatic rings. The summed E-state index contributed by atoms with van der Waals surface area (Å²) in [5.41, 5.74) is 7.15. The van der Waals surface area contributed by atoms with Gasteiger partial charge in [-0.25, -0.2) is 0 Å². The van der Waals surface area contributed by atoms with Gasteiger partial charge in [0.25, 0.3) is 0 Å². The van der Waals surface area contributed by atoms with Crippen LogP contribution in [-0.4, -0.2) is 31.0 Å². The molecule has 30 heavy (non-hydrogen) atoms. The molecule has 2 rings (SSSR count). The molecule has 172 valence electrons. The van der Waals surface area contributed by atoms with Crippen LogP contribution >= 0.6 is 0 Å². The average molecular weight is 420 g/mol. The third kappa shape index (κ3) is 9.26. The number of aliphatic hydroxyl groups is 1. The molecule has 0 aliphatic heterocycles.